The van der Waals surface area contributed by atoms with Gasteiger partial charge in [0.2, 0.25) is 5.95 Å². The lowest BCUT2D eigenvalue weighted by Gasteiger charge is -2.11. The third-order valence-electron chi connectivity index (χ3n) is 5.68. The maximum atomic E-state index is 15.0. The molecule has 0 radical (unpaired) electrons. The molecule has 3 N–H and O–H groups in total. The fourth-order valence-corrected chi connectivity index (χ4v) is 3.99. The van der Waals surface area contributed by atoms with Crippen molar-refractivity contribution >= 4 is 40.1 Å². The highest BCUT2D eigenvalue weighted by molar-refractivity contribution is 5.92. The first-order chi connectivity index (χ1) is 17.0. The monoisotopic (exact) mass is 471 g/mol. The summed E-state index contributed by atoms with van der Waals surface area (Å²) in [6.45, 7) is 0. The lowest BCUT2D eigenvalue weighted by molar-refractivity contribution is 0.112. The molecule has 2 aromatic heterocycles. The van der Waals surface area contributed by atoms with Crippen molar-refractivity contribution in [1.29, 1.82) is 0 Å². The van der Waals surface area contributed by atoms with Gasteiger partial charge in [-0.2, -0.15) is 5.10 Å². The van der Waals surface area contributed by atoms with Crippen molar-refractivity contribution < 1.29 is 18.7 Å². The molecule has 2 heterocycles. The summed E-state index contributed by atoms with van der Waals surface area (Å²) < 4.78 is 19.6. The average Bonchev–Trinajstić information content (AvgIpc) is 3.28. The Morgan fingerprint density at radius 3 is 2.71 bits per heavy atom. The number of nitrogens with one attached hydrogen (secondary N) is 3. The van der Waals surface area contributed by atoms with Gasteiger partial charge in [0, 0.05) is 17.4 Å². The van der Waals surface area contributed by atoms with Crippen LogP contribution in [-0.4, -0.2) is 39.7 Å². The fraction of sp³-hybridized carbons (Fsp3) is 0.0800. The summed E-state index contributed by atoms with van der Waals surface area (Å²) >= 11 is 0. The van der Waals surface area contributed by atoms with E-state index >= 15 is 0 Å². The first-order valence-electron chi connectivity index (χ1n) is 10.6. The minimum absolute atomic E-state index is 0.106. The molecule has 1 amide bonds. The van der Waals surface area contributed by atoms with Crippen LogP contribution in [0.5, 0.6) is 0 Å². The number of nitrogens with zero attached hydrogens (tertiary/aromatic N) is 2. The lowest BCUT2D eigenvalue weighted by Crippen LogP contribution is -2.11. The largest absolute Gasteiger partial charge is 0.453 e. The number of methoxy groups -OCH3 is 1. The highest BCUT2D eigenvalue weighted by atomic mass is 19.1. The number of anilines is 1. The molecule has 5 aromatic rings. The van der Waals surface area contributed by atoms with Gasteiger partial charge >= 0.3 is 6.09 Å². The maximum absolute atomic E-state index is 15.0. The molecule has 0 saturated carbocycles. The molecular weight excluding hydrogens is 453 g/mol. The molecule has 0 aliphatic heterocycles. The standard InChI is InChI=1S/C25H18FN5O4/c1-35-25(34)29-24-27-20-7-6-13(10-22(20)28-24)18-8-14(19(26)9-15(18)12-32)11-21-16-4-2-3-5-17(16)23(33)31-30-21/h2-10,12H,11H2,1H3,(H,31,33)(H2,27,28,29,34). The van der Waals surface area contributed by atoms with Crippen molar-refractivity contribution in [3.8, 4) is 11.1 Å². The minimum Gasteiger partial charge on any atom is -0.453 e. The maximum Gasteiger partial charge on any atom is 0.413 e. The molecule has 35 heavy (non-hydrogen) atoms. The van der Waals surface area contributed by atoms with Gasteiger partial charge in [-0.15, -0.1) is 0 Å². The van der Waals surface area contributed by atoms with Gasteiger partial charge in [0.05, 0.1) is 29.2 Å². The van der Waals surface area contributed by atoms with E-state index in [4.69, 9.17) is 0 Å². The molecule has 9 nitrogen and oxygen atoms in total. The van der Waals surface area contributed by atoms with Crippen LogP contribution in [0.15, 0.2) is 59.4 Å². The van der Waals surface area contributed by atoms with Gasteiger partial charge in [0.1, 0.15) is 5.82 Å². The van der Waals surface area contributed by atoms with Crippen LogP contribution >= 0.6 is 0 Å². The van der Waals surface area contributed by atoms with Crippen molar-refractivity contribution in [3.63, 3.8) is 0 Å². The highest BCUT2D eigenvalue weighted by Crippen LogP contribution is 2.30. The molecule has 0 atom stereocenters. The predicted molar refractivity (Wildman–Crippen MR) is 128 cm³/mol. The Morgan fingerprint density at radius 1 is 1.14 bits per heavy atom. The van der Waals surface area contributed by atoms with E-state index in [0.717, 1.165) is 0 Å². The fourth-order valence-electron chi connectivity index (χ4n) is 3.99. The molecule has 0 fully saturated rings. The van der Waals surface area contributed by atoms with Gasteiger partial charge in [-0.25, -0.2) is 19.3 Å². The number of fused-ring (bicyclic) bond motifs is 2. The second-order valence-corrected chi connectivity index (χ2v) is 7.80. The first-order valence-corrected chi connectivity index (χ1v) is 10.6. The molecule has 5 rings (SSSR count). The van der Waals surface area contributed by atoms with Gasteiger partial charge in [-0.05, 0) is 47.0 Å². The van der Waals surface area contributed by atoms with Gasteiger partial charge in [0.25, 0.3) is 5.56 Å². The Labute approximate surface area is 197 Å². The van der Waals surface area contributed by atoms with Crippen LogP contribution in [0.25, 0.3) is 32.9 Å². The SMILES string of the molecule is COC(=O)Nc1nc2ccc(-c3cc(Cc4n[nH]c(=O)c5ccccc45)c(F)cc3C=O)cc2[nH]1. The van der Waals surface area contributed by atoms with Gasteiger partial charge in [0.15, 0.2) is 6.29 Å². The first kappa shape index (κ1) is 22.0. The zero-order valence-corrected chi connectivity index (χ0v) is 18.4. The van der Waals surface area contributed by atoms with E-state index in [1.807, 2.05) is 0 Å². The van der Waals surface area contributed by atoms with E-state index < -0.39 is 11.9 Å². The summed E-state index contributed by atoms with van der Waals surface area (Å²) in [7, 11) is 1.24. The van der Waals surface area contributed by atoms with Gasteiger partial charge in [-0.1, -0.05) is 24.3 Å². The van der Waals surface area contributed by atoms with E-state index in [0.29, 0.717) is 50.5 Å². The Morgan fingerprint density at radius 2 is 1.94 bits per heavy atom. The van der Waals surface area contributed by atoms with E-state index in [9.17, 15) is 18.8 Å². The summed E-state index contributed by atoms with van der Waals surface area (Å²) in [6.07, 6.45) is 0.0329. The van der Waals surface area contributed by atoms with Crippen LogP contribution in [0, 0.1) is 5.82 Å². The second-order valence-electron chi connectivity index (χ2n) is 7.80. The average molecular weight is 471 g/mol. The Bertz CT molecular complexity index is 1670. The normalized spacial score (nSPS) is 11.0. The number of aromatic amines is 2. The molecule has 10 heteroatoms. The zero-order valence-electron chi connectivity index (χ0n) is 18.4. The van der Waals surface area contributed by atoms with E-state index in [1.54, 1.807) is 48.5 Å². The number of imidazole rings is 1. The summed E-state index contributed by atoms with van der Waals surface area (Å²) in [5.41, 5.74) is 3.02. The molecule has 3 aromatic carbocycles. The van der Waals surface area contributed by atoms with E-state index in [1.165, 1.54) is 13.2 Å². The molecule has 0 bridgehead atoms. The number of H-pyrrole nitrogens is 2. The summed E-state index contributed by atoms with van der Waals surface area (Å²) in [5, 5.41) is 10.1. The molecule has 0 unspecified atom stereocenters. The van der Waals surface area contributed by atoms with Crippen molar-refractivity contribution in [2.75, 3.05) is 12.4 Å². The highest BCUT2D eigenvalue weighted by Gasteiger charge is 2.16. The molecule has 0 aliphatic carbocycles. The second kappa shape index (κ2) is 8.82. The predicted octanol–water partition coefficient (Wildman–Crippen LogP) is 4.19. The molecule has 0 saturated heterocycles. The zero-order chi connectivity index (χ0) is 24.5. The number of aromatic nitrogens is 4. The van der Waals surface area contributed by atoms with Gasteiger partial charge < -0.3 is 9.72 Å². The summed E-state index contributed by atoms with van der Waals surface area (Å²) in [4.78, 5) is 42.5. The molecule has 174 valence electrons. The Hall–Kier alpha value is -4.86. The molecule has 0 aliphatic rings. The number of hydrogen-bond acceptors (Lipinski definition) is 6. The number of aldehydes is 1. The van der Waals surface area contributed by atoms with Crippen LogP contribution in [0.2, 0.25) is 0 Å². The number of halogens is 1. The molecule has 0 spiro atoms. The third-order valence-corrected chi connectivity index (χ3v) is 5.68. The van der Waals surface area contributed by atoms with Crippen molar-refractivity contribution in [2.45, 2.75) is 6.42 Å². The van der Waals surface area contributed by atoms with E-state index in [2.05, 4.69) is 30.2 Å². The van der Waals surface area contributed by atoms with Crippen LogP contribution in [0.1, 0.15) is 21.6 Å². The van der Waals surface area contributed by atoms with Crippen molar-refractivity contribution in [2.24, 2.45) is 0 Å². The van der Waals surface area contributed by atoms with Crippen LogP contribution in [0.3, 0.4) is 0 Å². The smallest absolute Gasteiger partial charge is 0.413 e. The summed E-state index contributed by atoms with van der Waals surface area (Å²) in [5.74, 6) is -0.351. The topological polar surface area (TPSA) is 130 Å². The van der Waals surface area contributed by atoms with E-state index in [-0.39, 0.29) is 23.5 Å². The molecular formula is C25H18FN5O4. The quantitative estimate of drug-likeness (QED) is 0.330. The number of ether oxygens (including phenoxy) is 1. The number of rotatable bonds is 5. The lowest BCUT2D eigenvalue weighted by atomic mass is 9.94. The van der Waals surface area contributed by atoms with Crippen molar-refractivity contribution in [1.82, 2.24) is 20.2 Å². The number of hydrogen-bond donors (Lipinski definition) is 3. The number of benzene rings is 3. The number of carbonyl (C=O) groups excluding carboxylic acids is 2. The van der Waals surface area contributed by atoms with Crippen LogP contribution in [0.4, 0.5) is 15.1 Å². The van der Waals surface area contributed by atoms with Crippen LogP contribution in [-0.2, 0) is 11.2 Å². The minimum atomic E-state index is -0.668. The number of amides is 1. The van der Waals surface area contributed by atoms with Gasteiger partial charge in [-0.3, -0.25) is 14.9 Å². The van der Waals surface area contributed by atoms with Crippen molar-refractivity contribution in [3.05, 3.63) is 87.6 Å². The number of carbonyl (C=O) groups is 2. The van der Waals surface area contributed by atoms with Crippen LogP contribution < -0.4 is 10.9 Å². The Balaban J connectivity index is 1.57. The summed E-state index contributed by atoms with van der Waals surface area (Å²) in [6, 6.07) is 15.0. The third kappa shape index (κ3) is 4.12. The Kier molecular flexibility index (Phi) is 5.54.